The number of aryl methyl sites for hydroxylation is 1. The molecule has 0 bridgehead atoms. The van der Waals surface area contributed by atoms with Gasteiger partial charge in [0.05, 0.1) is 16.1 Å². The molecule has 0 aliphatic carbocycles. The maximum absolute atomic E-state index is 12.7. The van der Waals surface area contributed by atoms with Crippen molar-refractivity contribution in [3.63, 3.8) is 0 Å². The zero-order valence-corrected chi connectivity index (χ0v) is 18.1. The molecule has 2 N–H and O–H groups in total. The lowest BCUT2D eigenvalue weighted by Crippen LogP contribution is -2.15. The van der Waals surface area contributed by atoms with E-state index in [0.717, 1.165) is 10.5 Å². The molecule has 3 aromatic carbocycles. The maximum atomic E-state index is 12.7. The van der Waals surface area contributed by atoms with E-state index >= 15 is 0 Å². The van der Waals surface area contributed by atoms with Gasteiger partial charge in [-0.15, -0.1) is 18.3 Å². The Labute approximate surface area is 181 Å². The number of sulfonamides is 1. The normalized spacial score (nSPS) is 11.0. The SMILES string of the molecule is C=CCSc1ccccc1C(=O)Nc1ccc(S(=O)(=O)Nc2ccccc2C)cc1. The molecule has 0 radical (unpaired) electrons. The number of hydrogen-bond acceptors (Lipinski definition) is 4. The first-order chi connectivity index (χ1) is 14.4. The molecule has 0 spiro atoms. The average Bonchev–Trinajstić information content (AvgIpc) is 2.74. The molecular formula is C23H22N2O3S2. The van der Waals surface area contributed by atoms with Gasteiger partial charge >= 0.3 is 0 Å². The zero-order chi connectivity index (χ0) is 21.6. The minimum absolute atomic E-state index is 0.116. The Morgan fingerprint density at radius 1 is 1.00 bits per heavy atom. The molecule has 0 heterocycles. The maximum Gasteiger partial charge on any atom is 0.261 e. The topological polar surface area (TPSA) is 75.3 Å². The number of carbonyl (C=O) groups is 1. The highest BCUT2D eigenvalue weighted by molar-refractivity contribution is 7.99. The largest absolute Gasteiger partial charge is 0.322 e. The number of nitrogens with one attached hydrogen (secondary N) is 2. The molecule has 154 valence electrons. The second kappa shape index (κ2) is 9.65. The molecule has 3 rings (SSSR count). The molecule has 0 atom stereocenters. The van der Waals surface area contributed by atoms with Crippen LogP contribution in [0, 0.1) is 6.92 Å². The van der Waals surface area contributed by atoms with Crippen molar-refractivity contribution in [3.8, 4) is 0 Å². The van der Waals surface area contributed by atoms with E-state index in [1.54, 1.807) is 42.5 Å². The summed E-state index contributed by atoms with van der Waals surface area (Å²) in [7, 11) is -3.73. The van der Waals surface area contributed by atoms with Gasteiger partial charge in [-0.3, -0.25) is 9.52 Å². The number of para-hydroxylation sites is 1. The number of carbonyl (C=O) groups excluding carboxylic acids is 1. The third kappa shape index (κ3) is 5.31. The van der Waals surface area contributed by atoms with E-state index in [2.05, 4.69) is 16.6 Å². The van der Waals surface area contributed by atoms with Crippen molar-refractivity contribution in [2.24, 2.45) is 0 Å². The monoisotopic (exact) mass is 438 g/mol. The van der Waals surface area contributed by atoms with Crippen LogP contribution in [0.15, 0.2) is 95.2 Å². The van der Waals surface area contributed by atoms with Crippen LogP contribution < -0.4 is 10.0 Å². The molecule has 30 heavy (non-hydrogen) atoms. The standard InChI is InChI=1S/C23H22N2O3S2/c1-3-16-29-22-11-7-5-9-20(22)23(26)24-18-12-14-19(15-13-18)30(27,28)25-21-10-6-4-8-17(21)2/h3-15,25H,1,16H2,2H3,(H,24,26). The van der Waals surface area contributed by atoms with Gasteiger partial charge in [-0.1, -0.05) is 36.4 Å². The minimum atomic E-state index is -3.73. The van der Waals surface area contributed by atoms with Crippen LogP contribution in [0.5, 0.6) is 0 Å². The molecule has 1 amide bonds. The number of hydrogen-bond donors (Lipinski definition) is 2. The van der Waals surface area contributed by atoms with Gasteiger partial charge in [-0.25, -0.2) is 8.42 Å². The van der Waals surface area contributed by atoms with Crippen molar-refractivity contribution in [3.05, 3.63) is 96.6 Å². The number of anilines is 2. The van der Waals surface area contributed by atoms with Crippen molar-refractivity contribution in [1.82, 2.24) is 0 Å². The summed E-state index contributed by atoms with van der Waals surface area (Å²) in [5.74, 6) is 0.445. The molecule has 0 aliphatic heterocycles. The van der Waals surface area contributed by atoms with E-state index in [9.17, 15) is 13.2 Å². The van der Waals surface area contributed by atoms with Crippen LogP contribution in [0.1, 0.15) is 15.9 Å². The second-order valence-corrected chi connectivity index (χ2v) is 9.24. The summed E-state index contributed by atoms with van der Waals surface area (Å²) in [6.07, 6.45) is 1.78. The average molecular weight is 439 g/mol. The quantitative estimate of drug-likeness (QED) is 0.368. The summed E-state index contributed by atoms with van der Waals surface area (Å²) < 4.78 is 27.9. The molecule has 7 heteroatoms. The highest BCUT2D eigenvalue weighted by Gasteiger charge is 2.16. The van der Waals surface area contributed by atoms with Gasteiger partial charge in [0, 0.05) is 16.3 Å². The Balaban J connectivity index is 1.74. The highest BCUT2D eigenvalue weighted by Crippen LogP contribution is 2.24. The Bertz CT molecular complexity index is 1160. The van der Waals surface area contributed by atoms with Crippen LogP contribution in [0.2, 0.25) is 0 Å². The predicted molar refractivity (Wildman–Crippen MR) is 124 cm³/mol. The fourth-order valence-corrected chi connectivity index (χ4v) is 4.65. The second-order valence-electron chi connectivity index (χ2n) is 6.49. The Morgan fingerprint density at radius 3 is 2.37 bits per heavy atom. The lowest BCUT2D eigenvalue weighted by Gasteiger charge is -2.12. The first-order valence-electron chi connectivity index (χ1n) is 9.23. The first kappa shape index (κ1) is 21.7. The third-order valence-corrected chi connectivity index (χ3v) is 6.75. The van der Waals surface area contributed by atoms with E-state index in [1.807, 2.05) is 31.2 Å². The summed E-state index contributed by atoms with van der Waals surface area (Å²) in [5, 5.41) is 2.82. The smallest absolute Gasteiger partial charge is 0.261 e. The van der Waals surface area contributed by atoms with E-state index in [1.165, 1.54) is 23.9 Å². The first-order valence-corrected chi connectivity index (χ1v) is 11.7. The van der Waals surface area contributed by atoms with E-state index in [-0.39, 0.29) is 10.8 Å². The molecule has 0 aliphatic rings. The van der Waals surface area contributed by atoms with Gasteiger partial charge in [-0.2, -0.15) is 0 Å². The number of rotatable bonds is 8. The van der Waals surface area contributed by atoms with Gasteiger partial charge < -0.3 is 5.32 Å². The Kier molecular flexibility index (Phi) is 6.97. The van der Waals surface area contributed by atoms with Crippen LogP contribution in [0.4, 0.5) is 11.4 Å². The summed E-state index contributed by atoms with van der Waals surface area (Å²) in [6.45, 7) is 5.54. The third-order valence-electron chi connectivity index (χ3n) is 4.30. The highest BCUT2D eigenvalue weighted by atomic mass is 32.2. The van der Waals surface area contributed by atoms with Gasteiger partial charge in [0.15, 0.2) is 0 Å². The molecule has 0 fully saturated rings. The fourth-order valence-electron chi connectivity index (χ4n) is 2.74. The lowest BCUT2D eigenvalue weighted by molar-refractivity contribution is 0.102. The Hall–Kier alpha value is -3.03. The fraction of sp³-hybridized carbons (Fsp3) is 0.0870. The molecular weight excluding hydrogens is 416 g/mol. The molecule has 5 nitrogen and oxygen atoms in total. The lowest BCUT2D eigenvalue weighted by atomic mass is 10.2. The van der Waals surface area contributed by atoms with Gasteiger partial charge in [0.2, 0.25) is 0 Å². The van der Waals surface area contributed by atoms with Crippen LogP contribution >= 0.6 is 11.8 Å². The number of amides is 1. The minimum Gasteiger partial charge on any atom is -0.322 e. The van der Waals surface area contributed by atoms with Crippen LogP contribution in [0.25, 0.3) is 0 Å². The van der Waals surface area contributed by atoms with Crippen molar-refractivity contribution in [2.75, 3.05) is 15.8 Å². The van der Waals surface area contributed by atoms with Crippen molar-refractivity contribution in [2.45, 2.75) is 16.7 Å². The zero-order valence-electron chi connectivity index (χ0n) is 16.5. The van der Waals surface area contributed by atoms with Crippen molar-refractivity contribution < 1.29 is 13.2 Å². The van der Waals surface area contributed by atoms with E-state index in [4.69, 9.17) is 0 Å². The van der Waals surface area contributed by atoms with Crippen LogP contribution in [-0.4, -0.2) is 20.1 Å². The van der Waals surface area contributed by atoms with Gasteiger partial charge in [0.25, 0.3) is 15.9 Å². The molecule has 0 saturated carbocycles. The van der Waals surface area contributed by atoms with Crippen LogP contribution in [-0.2, 0) is 10.0 Å². The van der Waals surface area contributed by atoms with E-state index < -0.39 is 10.0 Å². The number of benzene rings is 3. The molecule has 0 unspecified atom stereocenters. The van der Waals surface area contributed by atoms with Gasteiger partial charge in [-0.05, 0) is 55.0 Å². The summed E-state index contributed by atoms with van der Waals surface area (Å²) >= 11 is 1.53. The summed E-state index contributed by atoms with van der Waals surface area (Å²) in [4.78, 5) is 13.7. The molecule has 3 aromatic rings. The van der Waals surface area contributed by atoms with E-state index in [0.29, 0.717) is 22.7 Å². The Morgan fingerprint density at radius 2 is 1.67 bits per heavy atom. The summed E-state index contributed by atoms with van der Waals surface area (Å²) in [5.41, 5.74) is 2.43. The summed E-state index contributed by atoms with van der Waals surface area (Å²) in [6, 6.07) is 20.6. The van der Waals surface area contributed by atoms with Crippen molar-refractivity contribution in [1.29, 1.82) is 0 Å². The molecule has 0 saturated heterocycles. The molecule has 0 aromatic heterocycles. The predicted octanol–water partition coefficient (Wildman–Crippen LogP) is 5.33. The van der Waals surface area contributed by atoms with Crippen LogP contribution in [0.3, 0.4) is 0 Å². The number of thioether (sulfide) groups is 1. The van der Waals surface area contributed by atoms with Crippen molar-refractivity contribution >= 4 is 39.1 Å². The van der Waals surface area contributed by atoms with Gasteiger partial charge in [0.1, 0.15) is 0 Å².